The summed E-state index contributed by atoms with van der Waals surface area (Å²) < 4.78 is 13.2. The zero-order chi connectivity index (χ0) is 17.9. The molecule has 0 spiro atoms. The molecule has 6 heteroatoms. The summed E-state index contributed by atoms with van der Waals surface area (Å²) in [6.45, 7) is 8.35. The predicted molar refractivity (Wildman–Crippen MR) is 92.6 cm³/mol. The minimum atomic E-state index is -0.539. The molecule has 132 valence electrons. The summed E-state index contributed by atoms with van der Waals surface area (Å²) in [6.07, 6.45) is 1.23. The first-order valence-electron chi connectivity index (χ1n) is 8.19. The number of halogens is 2. The highest BCUT2D eigenvalue weighted by atomic mass is 35.5. The second-order valence-corrected chi connectivity index (χ2v) is 7.80. The molecule has 0 unspecified atom stereocenters. The molecule has 0 bridgehead atoms. The number of hydrogen-bond donors (Lipinski definition) is 0. The largest absolute Gasteiger partial charge is 0.341 e. The molecule has 1 aliphatic rings. The Bertz CT molecular complexity index is 628. The van der Waals surface area contributed by atoms with E-state index in [1.807, 2.05) is 25.7 Å². The lowest BCUT2D eigenvalue weighted by atomic mass is 9.91. The number of rotatable bonds is 2. The van der Waals surface area contributed by atoms with Gasteiger partial charge in [-0.1, -0.05) is 32.4 Å². The molecule has 1 heterocycles. The molecule has 0 radical (unpaired) electrons. The van der Waals surface area contributed by atoms with Crippen molar-refractivity contribution in [1.29, 1.82) is 0 Å². The van der Waals surface area contributed by atoms with Gasteiger partial charge in [-0.25, -0.2) is 4.39 Å². The third-order valence-corrected chi connectivity index (χ3v) is 4.27. The number of benzene rings is 1. The van der Waals surface area contributed by atoms with Crippen LogP contribution in [0.25, 0.3) is 0 Å². The molecule has 1 fully saturated rings. The maximum Gasteiger partial charge on any atom is 0.253 e. The van der Waals surface area contributed by atoms with Crippen LogP contribution in [-0.2, 0) is 4.79 Å². The zero-order valence-electron chi connectivity index (χ0n) is 14.4. The Hall–Kier alpha value is -1.62. The predicted octanol–water partition coefficient (Wildman–Crippen LogP) is 3.59. The molecule has 1 aliphatic heterocycles. The summed E-state index contributed by atoms with van der Waals surface area (Å²) >= 11 is 5.76. The van der Waals surface area contributed by atoms with Gasteiger partial charge in [0.05, 0.1) is 5.02 Å². The van der Waals surface area contributed by atoms with Gasteiger partial charge in [0.1, 0.15) is 5.82 Å². The highest BCUT2D eigenvalue weighted by Gasteiger charge is 2.25. The lowest BCUT2D eigenvalue weighted by molar-refractivity contribution is -0.132. The summed E-state index contributed by atoms with van der Waals surface area (Å²) in [5.74, 6) is -0.591. The Morgan fingerprint density at radius 2 is 1.75 bits per heavy atom. The molecule has 4 nitrogen and oxygen atoms in total. The topological polar surface area (TPSA) is 40.6 Å². The number of hydrogen-bond acceptors (Lipinski definition) is 2. The van der Waals surface area contributed by atoms with Gasteiger partial charge in [0.2, 0.25) is 5.91 Å². The standard InChI is InChI=1S/C18H24ClFN2O2/c1-18(2,3)12-16(23)21-7-4-8-22(10-9-21)17(24)13-5-6-15(20)14(19)11-13/h5-6,11H,4,7-10,12H2,1-3H3. The summed E-state index contributed by atoms with van der Waals surface area (Å²) in [7, 11) is 0. The van der Waals surface area contributed by atoms with Gasteiger partial charge in [-0.05, 0) is 30.0 Å². The average molecular weight is 355 g/mol. The maximum atomic E-state index is 13.2. The summed E-state index contributed by atoms with van der Waals surface area (Å²) in [5, 5.41) is -0.0577. The fraction of sp³-hybridized carbons (Fsp3) is 0.556. The average Bonchev–Trinajstić information content (AvgIpc) is 2.73. The summed E-state index contributed by atoms with van der Waals surface area (Å²) in [6, 6.07) is 4.00. The van der Waals surface area contributed by atoms with Crippen molar-refractivity contribution >= 4 is 23.4 Å². The Kier molecular flexibility index (Phi) is 5.86. The van der Waals surface area contributed by atoms with Gasteiger partial charge in [0.15, 0.2) is 0 Å². The molecular formula is C18H24ClFN2O2. The first-order valence-corrected chi connectivity index (χ1v) is 8.57. The third kappa shape index (κ3) is 4.94. The van der Waals surface area contributed by atoms with E-state index in [9.17, 15) is 14.0 Å². The lowest BCUT2D eigenvalue weighted by Gasteiger charge is -2.25. The van der Waals surface area contributed by atoms with Crippen molar-refractivity contribution in [3.05, 3.63) is 34.6 Å². The molecule has 1 aromatic rings. The van der Waals surface area contributed by atoms with Gasteiger partial charge in [0, 0.05) is 38.2 Å². The van der Waals surface area contributed by atoms with Crippen LogP contribution in [0, 0.1) is 11.2 Å². The van der Waals surface area contributed by atoms with Crippen LogP contribution >= 0.6 is 11.6 Å². The molecule has 0 aromatic heterocycles. The number of carbonyl (C=O) groups is 2. The van der Waals surface area contributed by atoms with Gasteiger partial charge in [-0.15, -0.1) is 0 Å². The van der Waals surface area contributed by atoms with E-state index in [1.54, 1.807) is 4.90 Å². The first-order chi connectivity index (χ1) is 11.2. The van der Waals surface area contributed by atoms with Crippen LogP contribution in [0.15, 0.2) is 18.2 Å². The van der Waals surface area contributed by atoms with Crippen LogP contribution in [0.2, 0.25) is 5.02 Å². The zero-order valence-corrected chi connectivity index (χ0v) is 15.2. The van der Waals surface area contributed by atoms with Crippen LogP contribution in [0.5, 0.6) is 0 Å². The van der Waals surface area contributed by atoms with E-state index in [-0.39, 0.29) is 22.3 Å². The Morgan fingerprint density at radius 3 is 2.38 bits per heavy atom. The molecule has 2 rings (SSSR count). The van der Waals surface area contributed by atoms with Gasteiger partial charge >= 0.3 is 0 Å². The molecule has 0 saturated carbocycles. The Morgan fingerprint density at radius 1 is 1.12 bits per heavy atom. The maximum absolute atomic E-state index is 13.2. The molecule has 0 N–H and O–H groups in total. The van der Waals surface area contributed by atoms with Crippen LogP contribution in [-0.4, -0.2) is 47.8 Å². The number of nitrogens with zero attached hydrogens (tertiary/aromatic N) is 2. The number of amides is 2. The second kappa shape index (κ2) is 7.51. The highest BCUT2D eigenvalue weighted by Crippen LogP contribution is 2.21. The quantitative estimate of drug-likeness (QED) is 0.814. The molecule has 24 heavy (non-hydrogen) atoms. The van der Waals surface area contributed by atoms with Gasteiger partial charge in [-0.2, -0.15) is 0 Å². The van der Waals surface area contributed by atoms with E-state index in [2.05, 4.69) is 0 Å². The van der Waals surface area contributed by atoms with Crippen LogP contribution < -0.4 is 0 Å². The second-order valence-electron chi connectivity index (χ2n) is 7.39. The fourth-order valence-corrected chi connectivity index (χ4v) is 2.93. The van der Waals surface area contributed by atoms with Crippen molar-refractivity contribution in [3.8, 4) is 0 Å². The molecule has 2 amide bonds. The lowest BCUT2D eigenvalue weighted by Crippen LogP contribution is -2.38. The highest BCUT2D eigenvalue weighted by molar-refractivity contribution is 6.31. The molecule has 1 saturated heterocycles. The van der Waals surface area contributed by atoms with Gasteiger partial charge < -0.3 is 9.80 Å². The Labute approximate surface area is 147 Å². The van der Waals surface area contributed by atoms with Crippen LogP contribution in [0.1, 0.15) is 44.0 Å². The van der Waals surface area contributed by atoms with E-state index in [4.69, 9.17) is 11.6 Å². The van der Waals surface area contributed by atoms with Gasteiger partial charge in [0.25, 0.3) is 5.91 Å². The van der Waals surface area contributed by atoms with E-state index in [0.29, 0.717) is 38.2 Å². The van der Waals surface area contributed by atoms with E-state index in [0.717, 1.165) is 6.42 Å². The minimum absolute atomic E-state index is 0.0518. The van der Waals surface area contributed by atoms with Crippen LogP contribution in [0.4, 0.5) is 4.39 Å². The van der Waals surface area contributed by atoms with Crippen molar-refractivity contribution in [2.45, 2.75) is 33.6 Å². The van der Waals surface area contributed by atoms with E-state index < -0.39 is 5.82 Å². The van der Waals surface area contributed by atoms with Crippen molar-refractivity contribution in [3.63, 3.8) is 0 Å². The van der Waals surface area contributed by atoms with Crippen LogP contribution in [0.3, 0.4) is 0 Å². The van der Waals surface area contributed by atoms with Crippen molar-refractivity contribution in [2.75, 3.05) is 26.2 Å². The first kappa shape index (κ1) is 18.7. The SMILES string of the molecule is CC(C)(C)CC(=O)N1CCCN(C(=O)c2ccc(F)c(Cl)c2)CC1. The van der Waals surface area contributed by atoms with E-state index >= 15 is 0 Å². The smallest absolute Gasteiger partial charge is 0.253 e. The molecular weight excluding hydrogens is 331 g/mol. The van der Waals surface area contributed by atoms with E-state index in [1.165, 1.54) is 18.2 Å². The van der Waals surface area contributed by atoms with Crippen molar-refractivity contribution < 1.29 is 14.0 Å². The third-order valence-electron chi connectivity index (χ3n) is 3.98. The summed E-state index contributed by atoms with van der Waals surface area (Å²) in [4.78, 5) is 28.5. The van der Waals surface area contributed by atoms with Gasteiger partial charge in [-0.3, -0.25) is 9.59 Å². The summed E-state index contributed by atoms with van der Waals surface area (Å²) in [5.41, 5.74) is 0.319. The molecule has 1 aromatic carbocycles. The normalized spacial score (nSPS) is 16.0. The fourth-order valence-electron chi connectivity index (χ4n) is 2.75. The van der Waals surface area contributed by atoms with Crippen molar-refractivity contribution in [1.82, 2.24) is 9.80 Å². The minimum Gasteiger partial charge on any atom is -0.341 e. The monoisotopic (exact) mass is 354 g/mol. The molecule has 0 atom stereocenters. The number of carbonyl (C=O) groups excluding carboxylic acids is 2. The van der Waals surface area contributed by atoms with Crippen molar-refractivity contribution in [2.24, 2.45) is 5.41 Å². The Balaban J connectivity index is 2.01. The molecule has 0 aliphatic carbocycles.